The van der Waals surface area contributed by atoms with Crippen LogP contribution in [-0.2, 0) is 10.0 Å². The highest BCUT2D eigenvalue weighted by Gasteiger charge is 2.29. The van der Waals surface area contributed by atoms with Crippen LogP contribution in [0.3, 0.4) is 0 Å². The van der Waals surface area contributed by atoms with Crippen LogP contribution in [-0.4, -0.2) is 35.1 Å². The fourth-order valence-corrected chi connectivity index (χ4v) is 3.46. The monoisotopic (exact) mass is 295 g/mol. The van der Waals surface area contributed by atoms with Gasteiger partial charge in [0, 0.05) is 12.6 Å². The third kappa shape index (κ3) is 2.41. The van der Waals surface area contributed by atoms with Crippen LogP contribution in [0.25, 0.3) is 0 Å². The Balaban J connectivity index is 2.39. The van der Waals surface area contributed by atoms with Crippen LogP contribution in [0.2, 0.25) is 0 Å². The minimum atomic E-state index is -3.66. The van der Waals surface area contributed by atoms with Crippen LogP contribution in [0.4, 0.5) is 0 Å². The number of H-pyrrole nitrogens is 1. The maximum absolute atomic E-state index is 12.5. The molecule has 0 aliphatic heterocycles. The molecule has 2 aromatic rings. The van der Waals surface area contributed by atoms with E-state index in [-0.39, 0.29) is 10.6 Å². The summed E-state index contributed by atoms with van der Waals surface area (Å²) < 4.78 is 26.3. The van der Waals surface area contributed by atoms with Gasteiger partial charge >= 0.3 is 0 Å². The first-order valence-corrected chi connectivity index (χ1v) is 7.55. The highest BCUT2D eigenvalue weighted by molar-refractivity contribution is 7.89. The Labute approximate surface area is 118 Å². The number of phenolic OH excluding ortho intramolecular Hbond substituents is 1. The fraction of sp³-hybridized carbons (Fsp3) is 0.308. The molecule has 108 valence electrons. The zero-order valence-corrected chi connectivity index (χ0v) is 12.3. The van der Waals surface area contributed by atoms with E-state index in [1.807, 2.05) is 0 Å². The summed E-state index contributed by atoms with van der Waals surface area (Å²) in [4.78, 5) is 0.141. The van der Waals surface area contributed by atoms with Crippen molar-refractivity contribution in [3.8, 4) is 5.75 Å². The van der Waals surface area contributed by atoms with E-state index in [1.54, 1.807) is 32.0 Å². The van der Waals surface area contributed by atoms with Gasteiger partial charge in [0.1, 0.15) is 10.6 Å². The average molecular weight is 295 g/mol. The molecule has 0 fully saturated rings. The molecule has 0 amide bonds. The molecule has 20 heavy (non-hydrogen) atoms. The topological polar surface area (TPSA) is 86.3 Å². The molecular formula is C13H17N3O3S. The first-order chi connectivity index (χ1) is 9.35. The summed E-state index contributed by atoms with van der Waals surface area (Å²) in [6, 6.07) is 6.20. The van der Waals surface area contributed by atoms with Crippen LogP contribution < -0.4 is 0 Å². The van der Waals surface area contributed by atoms with Crippen LogP contribution in [0.15, 0.2) is 35.4 Å². The molecule has 0 saturated heterocycles. The van der Waals surface area contributed by atoms with Crippen molar-refractivity contribution >= 4 is 10.0 Å². The number of nitrogens with zero attached hydrogens (tertiary/aromatic N) is 2. The molecule has 0 aliphatic rings. The summed E-state index contributed by atoms with van der Waals surface area (Å²) in [5, 5.41) is 16.2. The third-order valence-electron chi connectivity index (χ3n) is 3.37. The SMILES string of the molecule is Cc1[nH]ncc1S(=O)(=O)N(C)C(C)c1ccccc1O. The van der Waals surface area contributed by atoms with Crippen LogP contribution in [0.5, 0.6) is 5.75 Å². The summed E-state index contributed by atoms with van der Waals surface area (Å²) >= 11 is 0. The van der Waals surface area contributed by atoms with E-state index in [0.717, 1.165) is 0 Å². The van der Waals surface area contributed by atoms with Gasteiger partial charge in [-0.25, -0.2) is 8.42 Å². The number of hydrogen-bond acceptors (Lipinski definition) is 4. The molecule has 0 spiro atoms. The highest BCUT2D eigenvalue weighted by atomic mass is 32.2. The summed E-state index contributed by atoms with van der Waals surface area (Å²) in [7, 11) is -2.18. The standard InChI is InChI=1S/C13H17N3O3S/c1-9-13(8-14-15-9)20(18,19)16(3)10(2)11-6-4-5-7-12(11)17/h4-8,10,17H,1-3H3,(H,14,15). The number of nitrogens with one attached hydrogen (secondary N) is 1. The van der Waals surface area contributed by atoms with E-state index in [1.165, 1.54) is 23.6 Å². The van der Waals surface area contributed by atoms with E-state index in [4.69, 9.17) is 0 Å². The Kier molecular flexibility index (Phi) is 3.82. The molecule has 0 bridgehead atoms. The summed E-state index contributed by atoms with van der Waals surface area (Å²) in [5.74, 6) is 0.0750. The number of phenols is 1. The minimum Gasteiger partial charge on any atom is -0.508 e. The number of rotatable bonds is 4. The molecule has 6 nitrogen and oxygen atoms in total. The lowest BCUT2D eigenvalue weighted by molar-refractivity contribution is 0.381. The fourth-order valence-electron chi connectivity index (χ4n) is 2.00. The van der Waals surface area contributed by atoms with Gasteiger partial charge in [-0.3, -0.25) is 5.10 Å². The number of aromatic hydroxyl groups is 1. The molecule has 1 aromatic heterocycles. The van der Waals surface area contributed by atoms with Crippen molar-refractivity contribution in [1.29, 1.82) is 0 Å². The van der Waals surface area contributed by atoms with E-state index in [9.17, 15) is 13.5 Å². The van der Waals surface area contributed by atoms with Gasteiger partial charge in [0.25, 0.3) is 0 Å². The summed E-state index contributed by atoms with van der Waals surface area (Å²) in [6.45, 7) is 3.38. The first-order valence-electron chi connectivity index (χ1n) is 6.11. The largest absolute Gasteiger partial charge is 0.508 e. The van der Waals surface area contributed by atoms with Gasteiger partial charge in [-0.2, -0.15) is 9.40 Å². The predicted octanol–water partition coefficient (Wildman–Crippen LogP) is 1.81. The lowest BCUT2D eigenvalue weighted by Crippen LogP contribution is -2.30. The van der Waals surface area contributed by atoms with E-state index >= 15 is 0 Å². The van der Waals surface area contributed by atoms with E-state index in [2.05, 4.69) is 10.2 Å². The van der Waals surface area contributed by atoms with Crippen LogP contribution in [0.1, 0.15) is 24.2 Å². The van der Waals surface area contributed by atoms with Crippen molar-refractivity contribution in [2.24, 2.45) is 0 Å². The number of para-hydroxylation sites is 1. The minimum absolute atomic E-state index is 0.0750. The molecule has 1 aromatic carbocycles. The van der Waals surface area contributed by atoms with Crippen molar-refractivity contribution in [3.05, 3.63) is 41.7 Å². The van der Waals surface area contributed by atoms with Gasteiger partial charge < -0.3 is 5.11 Å². The molecule has 1 heterocycles. The number of sulfonamides is 1. The second-order valence-corrected chi connectivity index (χ2v) is 6.58. The van der Waals surface area contributed by atoms with Crippen molar-refractivity contribution in [3.63, 3.8) is 0 Å². The normalized spacial score (nSPS) is 13.6. The highest BCUT2D eigenvalue weighted by Crippen LogP contribution is 2.31. The molecule has 0 aliphatic carbocycles. The van der Waals surface area contributed by atoms with Gasteiger partial charge in [-0.1, -0.05) is 18.2 Å². The van der Waals surface area contributed by atoms with Gasteiger partial charge in [0.15, 0.2) is 0 Å². The van der Waals surface area contributed by atoms with Crippen LogP contribution in [0, 0.1) is 6.92 Å². The number of aromatic nitrogens is 2. The third-order valence-corrected chi connectivity index (χ3v) is 5.41. The Morgan fingerprint density at radius 1 is 1.35 bits per heavy atom. The molecule has 0 radical (unpaired) electrons. The zero-order chi connectivity index (χ0) is 14.9. The van der Waals surface area contributed by atoms with Crippen molar-refractivity contribution < 1.29 is 13.5 Å². The second-order valence-electron chi connectivity index (χ2n) is 4.62. The lowest BCUT2D eigenvalue weighted by Gasteiger charge is -2.24. The molecule has 0 saturated carbocycles. The number of aromatic amines is 1. The van der Waals surface area contributed by atoms with Gasteiger partial charge in [-0.15, -0.1) is 0 Å². The second kappa shape index (κ2) is 5.26. The molecule has 1 unspecified atom stereocenters. The Morgan fingerprint density at radius 2 is 2.00 bits per heavy atom. The van der Waals surface area contributed by atoms with Gasteiger partial charge in [-0.05, 0) is 19.9 Å². The summed E-state index contributed by atoms with van der Waals surface area (Å²) in [6.07, 6.45) is 1.29. The Hall–Kier alpha value is -1.86. The number of aryl methyl sites for hydroxylation is 1. The first kappa shape index (κ1) is 14.5. The molecular weight excluding hydrogens is 278 g/mol. The molecule has 7 heteroatoms. The van der Waals surface area contributed by atoms with E-state index < -0.39 is 16.1 Å². The summed E-state index contributed by atoms with van der Waals surface area (Å²) in [5.41, 5.74) is 1.04. The molecule has 2 N–H and O–H groups in total. The Bertz CT molecular complexity index is 709. The van der Waals surface area contributed by atoms with Gasteiger partial charge in [0.2, 0.25) is 10.0 Å². The number of benzene rings is 1. The van der Waals surface area contributed by atoms with Crippen LogP contribution >= 0.6 is 0 Å². The lowest BCUT2D eigenvalue weighted by atomic mass is 10.1. The van der Waals surface area contributed by atoms with Crippen molar-refractivity contribution in [2.45, 2.75) is 24.8 Å². The smallest absolute Gasteiger partial charge is 0.246 e. The molecule has 1 atom stereocenters. The average Bonchev–Trinajstić information content (AvgIpc) is 2.84. The van der Waals surface area contributed by atoms with Crippen molar-refractivity contribution in [2.75, 3.05) is 7.05 Å². The maximum Gasteiger partial charge on any atom is 0.246 e. The maximum atomic E-state index is 12.5. The Morgan fingerprint density at radius 3 is 2.55 bits per heavy atom. The molecule has 2 rings (SSSR count). The quantitative estimate of drug-likeness (QED) is 0.900. The zero-order valence-electron chi connectivity index (χ0n) is 11.5. The van der Waals surface area contributed by atoms with Gasteiger partial charge in [0.05, 0.1) is 17.9 Å². The van der Waals surface area contributed by atoms with Crippen molar-refractivity contribution in [1.82, 2.24) is 14.5 Å². The number of hydrogen-bond donors (Lipinski definition) is 2. The van der Waals surface area contributed by atoms with E-state index in [0.29, 0.717) is 11.3 Å². The predicted molar refractivity (Wildman–Crippen MR) is 74.8 cm³/mol.